The van der Waals surface area contributed by atoms with E-state index in [4.69, 9.17) is 5.11 Å². The first-order valence-corrected chi connectivity index (χ1v) is 5.06. The number of fused-ring (bicyclic) bond motifs is 1. The van der Waals surface area contributed by atoms with Gasteiger partial charge in [-0.3, -0.25) is 0 Å². The van der Waals surface area contributed by atoms with E-state index in [-0.39, 0.29) is 18.3 Å². The lowest BCUT2D eigenvalue weighted by Gasteiger charge is -2.13. The quantitative estimate of drug-likeness (QED) is 0.655. The molecule has 16 heavy (non-hydrogen) atoms. The molecular formula is C9H13N5O2. The van der Waals surface area contributed by atoms with Gasteiger partial charge in [0.05, 0.1) is 12.6 Å². The molecule has 86 valence electrons. The second-order valence-corrected chi connectivity index (χ2v) is 3.45. The number of anilines is 1. The van der Waals surface area contributed by atoms with Crippen molar-refractivity contribution in [2.45, 2.75) is 19.4 Å². The number of hydrogen-bond donors (Lipinski definition) is 3. The average molecular weight is 223 g/mol. The second kappa shape index (κ2) is 4.31. The molecule has 0 saturated carbocycles. The average Bonchev–Trinajstić information content (AvgIpc) is 2.68. The number of aliphatic hydroxyl groups excluding tert-OH is 1. The third-order valence-corrected chi connectivity index (χ3v) is 2.34. The van der Waals surface area contributed by atoms with Gasteiger partial charge in [-0.1, -0.05) is 6.92 Å². The van der Waals surface area contributed by atoms with Crippen LogP contribution >= 0.6 is 0 Å². The van der Waals surface area contributed by atoms with Crippen LogP contribution in [-0.2, 0) is 0 Å². The van der Waals surface area contributed by atoms with Gasteiger partial charge in [0.25, 0.3) is 0 Å². The summed E-state index contributed by atoms with van der Waals surface area (Å²) in [6, 6.07) is 3.33. The Balaban J connectivity index is 2.31. The van der Waals surface area contributed by atoms with Gasteiger partial charge in [-0.25, -0.2) is 9.89 Å². The maximum absolute atomic E-state index is 11.3. The van der Waals surface area contributed by atoms with E-state index in [0.29, 0.717) is 11.5 Å². The molecule has 0 spiro atoms. The van der Waals surface area contributed by atoms with Crippen molar-refractivity contribution >= 4 is 11.5 Å². The van der Waals surface area contributed by atoms with Crippen LogP contribution < -0.4 is 11.0 Å². The predicted octanol–water partition coefficient (Wildman–Crippen LogP) is -0.400. The molecule has 2 rings (SSSR count). The number of rotatable bonds is 4. The fourth-order valence-electron chi connectivity index (χ4n) is 1.37. The van der Waals surface area contributed by atoms with Crippen LogP contribution in [0, 0.1) is 0 Å². The molecular weight excluding hydrogens is 210 g/mol. The molecule has 3 N–H and O–H groups in total. The highest BCUT2D eigenvalue weighted by molar-refractivity contribution is 5.43. The Morgan fingerprint density at radius 1 is 1.62 bits per heavy atom. The summed E-state index contributed by atoms with van der Waals surface area (Å²) < 4.78 is 1.17. The minimum absolute atomic E-state index is 0.0243. The van der Waals surface area contributed by atoms with Gasteiger partial charge in [-0.05, 0) is 18.6 Å². The van der Waals surface area contributed by atoms with E-state index in [1.165, 1.54) is 4.52 Å². The molecule has 0 amide bonds. The van der Waals surface area contributed by atoms with Crippen molar-refractivity contribution in [3.8, 4) is 0 Å². The maximum Gasteiger partial charge on any atom is 0.364 e. The van der Waals surface area contributed by atoms with Gasteiger partial charge >= 0.3 is 5.69 Å². The highest BCUT2D eigenvalue weighted by atomic mass is 16.3. The second-order valence-electron chi connectivity index (χ2n) is 3.45. The molecule has 0 saturated heterocycles. The first kappa shape index (κ1) is 10.6. The predicted molar refractivity (Wildman–Crippen MR) is 58.4 cm³/mol. The molecule has 7 heteroatoms. The van der Waals surface area contributed by atoms with Crippen molar-refractivity contribution in [1.29, 1.82) is 0 Å². The summed E-state index contributed by atoms with van der Waals surface area (Å²) in [7, 11) is 0. The van der Waals surface area contributed by atoms with Crippen LogP contribution in [-0.4, -0.2) is 37.6 Å². The van der Waals surface area contributed by atoms with Crippen molar-refractivity contribution in [2.24, 2.45) is 0 Å². The van der Waals surface area contributed by atoms with E-state index in [2.05, 4.69) is 20.6 Å². The Bertz CT molecular complexity index is 528. The standard InChI is InChI=1S/C9H13N5O2/c1-2-6(5-15)10-7-3-4-8-11-12-9(16)14(8)13-7/h3-4,6,15H,2,5H2,1H3,(H,10,13)(H,12,16). The van der Waals surface area contributed by atoms with Crippen LogP contribution in [0.4, 0.5) is 5.82 Å². The van der Waals surface area contributed by atoms with Crippen molar-refractivity contribution in [1.82, 2.24) is 19.8 Å². The molecule has 0 aliphatic heterocycles. The Labute approximate surface area is 91.1 Å². The topological polar surface area (TPSA) is 95.3 Å². The van der Waals surface area contributed by atoms with Crippen molar-refractivity contribution in [3.05, 3.63) is 22.6 Å². The number of aromatic nitrogens is 4. The van der Waals surface area contributed by atoms with E-state index < -0.39 is 0 Å². The van der Waals surface area contributed by atoms with Crippen LogP contribution in [0.15, 0.2) is 16.9 Å². The molecule has 0 fully saturated rings. The third kappa shape index (κ3) is 1.89. The van der Waals surface area contributed by atoms with Gasteiger partial charge in [0.15, 0.2) is 5.65 Å². The zero-order valence-electron chi connectivity index (χ0n) is 8.84. The number of H-pyrrole nitrogens is 1. The minimum atomic E-state index is -0.379. The summed E-state index contributed by atoms with van der Waals surface area (Å²) in [6.45, 7) is 1.98. The van der Waals surface area contributed by atoms with Gasteiger partial charge < -0.3 is 10.4 Å². The summed E-state index contributed by atoms with van der Waals surface area (Å²) >= 11 is 0. The van der Waals surface area contributed by atoms with Crippen LogP contribution in [0.2, 0.25) is 0 Å². The van der Waals surface area contributed by atoms with E-state index in [0.717, 1.165) is 6.42 Å². The zero-order chi connectivity index (χ0) is 11.5. The van der Waals surface area contributed by atoms with Crippen molar-refractivity contribution < 1.29 is 5.11 Å². The fourth-order valence-corrected chi connectivity index (χ4v) is 1.37. The molecule has 1 atom stereocenters. The maximum atomic E-state index is 11.3. The van der Waals surface area contributed by atoms with Crippen LogP contribution in [0.5, 0.6) is 0 Å². The van der Waals surface area contributed by atoms with E-state index in [1.54, 1.807) is 12.1 Å². The van der Waals surface area contributed by atoms with Crippen molar-refractivity contribution in [2.75, 3.05) is 11.9 Å². The number of nitrogens with one attached hydrogen (secondary N) is 2. The summed E-state index contributed by atoms with van der Waals surface area (Å²) in [6.07, 6.45) is 0.774. The number of aromatic amines is 1. The van der Waals surface area contributed by atoms with Crippen LogP contribution in [0.25, 0.3) is 5.65 Å². The molecule has 2 aromatic rings. The molecule has 0 aliphatic rings. The molecule has 0 aromatic carbocycles. The Hall–Kier alpha value is -1.89. The van der Waals surface area contributed by atoms with Gasteiger partial charge in [0.2, 0.25) is 0 Å². The lowest BCUT2D eigenvalue weighted by atomic mass is 10.2. The molecule has 1 unspecified atom stereocenters. The van der Waals surface area contributed by atoms with Crippen LogP contribution in [0.1, 0.15) is 13.3 Å². The Morgan fingerprint density at radius 2 is 2.44 bits per heavy atom. The van der Waals surface area contributed by atoms with E-state index in [9.17, 15) is 4.79 Å². The first-order chi connectivity index (χ1) is 7.74. The third-order valence-electron chi connectivity index (χ3n) is 2.34. The normalized spacial score (nSPS) is 12.9. The Morgan fingerprint density at radius 3 is 3.12 bits per heavy atom. The van der Waals surface area contributed by atoms with E-state index >= 15 is 0 Å². The molecule has 2 heterocycles. The van der Waals surface area contributed by atoms with Gasteiger partial charge in [-0.15, -0.1) is 5.10 Å². The number of nitrogens with zero attached hydrogens (tertiary/aromatic N) is 3. The lowest BCUT2D eigenvalue weighted by Crippen LogP contribution is -2.24. The smallest absolute Gasteiger partial charge is 0.364 e. The van der Waals surface area contributed by atoms with Crippen molar-refractivity contribution in [3.63, 3.8) is 0 Å². The Kier molecular flexibility index (Phi) is 2.86. The van der Waals surface area contributed by atoms with Gasteiger partial charge in [0.1, 0.15) is 5.82 Å². The SMILES string of the molecule is CCC(CO)Nc1ccc2n[nH]c(=O)n2n1. The van der Waals surface area contributed by atoms with Gasteiger partial charge in [0, 0.05) is 0 Å². The number of aliphatic hydroxyl groups is 1. The summed E-state index contributed by atoms with van der Waals surface area (Å²) in [5.41, 5.74) is 0.0864. The minimum Gasteiger partial charge on any atom is -0.394 e. The summed E-state index contributed by atoms with van der Waals surface area (Å²) in [5, 5.41) is 22.2. The molecule has 7 nitrogen and oxygen atoms in total. The highest BCUT2D eigenvalue weighted by Crippen LogP contribution is 2.06. The van der Waals surface area contributed by atoms with E-state index in [1.807, 2.05) is 6.92 Å². The molecule has 0 radical (unpaired) electrons. The number of hydrogen-bond acceptors (Lipinski definition) is 5. The fraction of sp³-hybridized carbons (Fsp3) is 0.444. The molecule has 2 aromatic heterocycles. The zero-order valence-corrected chi connectivity index (χ0v) is 8.84. The summed E-state index contributed by atoms with van der Waals surface area (Å²) in [4.78, 5) is 11.3. The highest BCUT2D eigenvalue weighted by Gasteiger charge is 2.07. The van der Waals surface area contributed by atoms with Gasteiger partial charge in [-0.2, -0.15) is 9.61 Å². The largest absolute Gasteiger partial charge is 0.394 e. The molecule has 0 aliphatic carbocycles. The van der Waals surface area contributed by atoms with Crippen LogP contribution in [0.3, 0.4) is 0 Å². The monoisotopic (exact) mass is 223 g/mol. The first-order valence-electron chi connectivity index (χ1n) is 5.06. The molecule has 0 bridgehead atoms. The summed E-state index contributed by atoms with van der Waals surface area (Å²) in [5.74, 6) is 0.539. The lowest BCUT2D eigenvalue weighted by molar-refractivity contribution is 0.271.